The van der Waals surface area contributed by atoms with E-state index >= 15 is 0 Å². The van der Waals surface area contributed by atoms with Crippen molar-refractivity contribution in [1.29, 1.82) is 0 Å². The lowest BCUT2D eigenvalue weighted by Gasteiger charge is -2.34. The van der Waals surface area contributed by atoms with Crippen molar-refractivity contribution in [3.05, 3.63) is 29.6 Å². The number of nitrogens with one attached hydrogen (secondary N) is 2. The van der Waals surface area contributed by atoms with Crippen LogP contribution in [0.1, 0.15) is 32.8 Å². The van der Waals surface area contributed by atoms with Crippen LogP contribution < -0.4 is 10.6 Å². The summed E-state index contributed by atoms with van der Waals surface area (Å²) in [6.45, 7) is 5.43. The molecule has 2 N–H and O–H groups in total. The zero-order valence-corrected chi connectivity index (χ0v) is 17.2. The van der Waals surface area contributed by atoms with E-state index in [1.54, 1.807) is 11.8 Å². The molecule has 150 valence electrons. The van der Waals surface area contributed by atoms with Gasteiger partial charge in [0.2, 0.25) is 17.7 Å². The second kappa shape index (κ2) is 6.29. The van der Waals surface area contributed by atoms with Crippen LogP contribution in [0.3, 0.4) is 0 Å². The third-order valence-corrected chi connectivity index (χ3v) is 6.62. The molecule has 0 saturated carbocycles. The first-order valence-electron chi connectivity index (χ1n) is 9.39. The number of amides is 3. The van der Waals surface area contributed by atoms with E-state index in [0.717, 1.165) is 5.75 Å². The van der Waals surface area contributed by atoms with Gasteiger partial charge in [0, 0.05) is 22.8 Å². The monoisotopic (exact) mass is 405 g/mol. The molecule has 4 rings (SSSR count). The largest absolute Gasteiger partial charge is 0.324 e. The van der Waals surface area contributed by atoms with Crippen LogP contribution in [0.2, 0.25) is 0 Å². The molecular formula is C20H24FN3O3S. The zero-order chi connectivity index (χ0) is 20.4. The van der Waals surface area contributed by atoms with Gasteiger partial charge in [0.1, 0.15) is 11.4 Å². The quantitative estimate of drug-likeness (QED) is 0.753. The highest BCUT2D eigenvalue weighted by atomic mass is 32.2. The van der Waals surface area contributed by atoms with E-state index in [9.17, 15) is 18.8 Å². The summed E-state index contributed by atoms with van der Waals surface area (Å²) in [4.78, 5) is 41.2. The number of likely N-dealkylation sites (tertiary alicyclic amines) is 1. The number of nitrogens with zero attached hydrogens (tertiary/aromatic N) is 1. The molecule has 1 aromatic carbocycles. The number of carbonyl (C=O) groups is 3. The van der Waals surface area contributed by atoms with Gasteiger partial charge in [0.15, 0.2) is 0 Å². The first-order valence-corrected chi connectivity index (χ1v) is 10.8. The van der Waals surface area contributed by atoms with Gasteiger partial charge in [-0.3, -0.25) is 24.6 Å². The smallest absolute Gasteiger partial charge is 0.250 e. The first-order chi connectivity index (χ1) is 13.1. The molecule has 0 unspecified atom stereocenters. The Morgan fingerprint density at radius 2 is 1.93 bits per heavy atom. The maximum Gasteiger partial charge on any atom is 0.250 e. The van der Waals surface area contributed by atoms with E-state index in [0.29, 0.717) is 17.7 Å². The maximum atomic E-state index is 14.1. The fourth-order valence-electron chi connectivity index (χ4n) is 4.93. The summed E-state index contributed by atoms with van der Waals surface area (Å²) in [7, 11) is 0. The molecular weight excluding hydrogens is 381 g/mol. The summed E-state index contributed by atoms with van der Waals surface area (Å²) >= 11 is 1.64. The van der Waals surface area contributed by atoms with Crippen molar-refractivity contribution in [2.75, 3.05) is 17.3 Å². The van der Waals surface area contributed by atoms with Crippen molar-refractivity contribution < 1.29 is 18.8 Å². The summed E-state index contributed by atoms with van der Waals surface area (Å²) in [5.74, 6) is -2.24. The number of hydrogen-bond acceptors (Lipinski definition) is 5. The van der Waals surface area contributed by atoms with Gasteiger partial charge < -0.3 is 5.32 Å². The van der Waals surface area contributed by atoms with Crippen molar-refractivity contribution >= 4 is 35.2 Å². The van der Waals surface area contributed by atoms with Gasteiger partial charge in [-0.15, -0.1) is 0 Å². The highest BCUT2D eigenvalue weighted by Crippen LogP contribution is 2.54. The Bertz CT molecular complexity index is 884. The molecule has 6 nitrogen and oxygen atoms in total. The van der Waals surface area contributed by atoms with Crippen LogP contribution in [0.15, 0.2) is 18.2 Å². The number of halogens is 1. The minimum atomic E-state index is -1.42. The number of thioether (sulfide) groups is 1. The van der Waals surface area contributed by atoms with Gasteiger partial charge in [0.05, 0.1) is 11.8 Å². The standard InChI is InChI=1S/C20H24FN3O3S/c1-19(2,3)24-16(25)14-13(7-8-28-4)23-20(15(14)17(24)26)11-9-10(21)5-6-12(11)22-18(20)27/h5-6,9,13-15,23H,7-8H2,1-4H3,(H,22,27)/t13-,14+,15+,20-/m0/s1. The van der Waals surface area contributed by atoms with Crippen LogP contribution >= 0.6 is 11.8 Å². The molecule has 0 radical (unpaired) electrons. The van der Waals surface area contributed by atoms with Gasteiger partial charge in [-0.1, -0.05) is 0 Å². The molecule has 1 aromatic rings. The molecule has 2 fully saturated rings. The summed E-state index contributed by atoms with van der Waals surface area (Å²) in [6.07, 6.45) is 2.61. The van der Waals surface area contributed by atoms with E-state index in [-0.39, 0.29) is 17.9 Å². The lowest BCUT2D eigenvalue weighted by atomic mass is 9.76. The van der Waals surface area contributed by atoms with Gasteiger partial charge in [-0.05, 0) is 57.4 Å². The predicted molar refractivity (Wildman–Crippen MR) is 105 cm³/mol. The number of carbonyl (C=O) groups excluding carboxylic acids is 3. The molecule has 0 aliphatic carbocycles. The molecule has 1 spiro atoms. The Morgan fingerprint density at radius 1 is 1.21 bits per heavy atom. The first kappa shape index (κ1) is 19.4. The van der Waals surface area contributed by atoms with Gasteiger partial charge >= 0.3 is 0 Å². The second-order valence-electron chi connectivity index (χ2n) is 8.67. The highest BCUT2D eigenvalue weighted by Gasteiger charge is 2.71. The van der Waals surface area contributed by atoms with Crippen molar-refractivity contribution in [1.82, 2.24) is 10.2 Å². The second-order valence-corrected chi connectivity index (χ2v) is 9.66. The average Bonchev–Trinajstić information content (AvgIpc) is 3.18. The minimum absolute atomic E-state index is 0.254. The average molecular weight is 405 g/mol. The molecule has 3 heterocycles. The number of imide groups is 1. The summed E-state index contributed by atoms with van der Waals surface area (Å²) in [5, 5.41) is 6.09. The molecule has 3 amide bonds. The molecule has 8 heteroatoms. The van der Waals surface area contributed by atoms with Crippen molar-refractivity contribution in [2.45, 2.75) is 44.3 Å². The Kier molecular flexibility index (Phi) is 4.35. The van der Waals surface area contributed by atoms with Crippen LogP contribution in [-0.4, -0.2) is 46.2 Å². The molecule has 3 aliphatic heterocycles. The Labute approximate surface area is 167 Å². The van der Waals surface area contributed by atoms with E-state index in [4.69, 9.17) is 0 Å². The molecule has 0 aromatic heterocycles. The third kappa shape index (κ3) is 2.47. The number of hydrogen-bond donors (Lipinski definition) is 2. The van der Waals surface area contributed by atoms with Crippen LogP contribution in [0.25, 0.3) is 0 Å². The van der Waals surface area contributed by atoms with Crippen LogP contribution in [0, 0.1) is 17.7 Å². The molecule has 0 bridgehead atoms. The van der Waals surface area contributed by atoms with Gasteiger partial charge in [0.25, 0.3) is 0 Å². The molecule has 28 heavy (non-hydrogen) atoms. The summed E-state index contributed by atoms with van der Waals surface area (Å²) in [6, 6.07) is 3.75. The van der Waals surface area contributed by atoms with Crippen LogP contribution in [0.4, 0.5) is 10.1 Å². The number of anilines is 1. The van der Waals surface area contributed by atoms with Crippen molar-refractivity contribution in [3.63, 3.8) is 0 Å². The van der Waals surface area contributed by atoms with E-state index in [1.165, 1.54) is 23.1 Å². The van der Waals surface area contributed by atoms with E-state index in [1.807, 2.05) is 27.0 Å². The summed E-state index contributed by atoms with van der Waals surface area (Å²) in [5.41, 5.74) is -1.21. The lowest BCUT2D eigenvalue weighted by Crippen LogP contribution is -2.55. The van der Waals surface area contributed by atoms with Gasteiger partial charge in [-0.2, -0.15) is 11.8 Å². The zero-order valence-electron chi connectivity index (χ0n) is 16.3. The Morgan fingerprint density at radius 3 is 2.57 bits per heavy atom. The minimum Gasteiger partial charge on any atom is -0.324 e. The molecule has 4 atom stereocenters. The maximum absolute atomic E-state index is 14.1. The SMILES string of the molecule is CSCC[C@@H]1N[C@]2(C(=O)Nc3ccc(F)cc32)[C@H]2C(=O)N(C(C)(C)C)C(=O)[C@H]12. The van der Waals surface area contributed by atoms with E-state index < -0.39 is 34.6 Å². The Hall–Kier alpha value is -1.93. The van der Waals surface area contributed by atoms with Crippen LogP contribution in [0.5, 0.6) is 0 Å². The normalized spacial score (nSPS) is 31.5. The fourth-order valence-corrected chi connectivity index (χ4v) is 5.42. The van der Waals surface area contributed by atoms with Crippen LogP contribution in [-0.2, 0) is 19.9 Å². The molecule has 2 saturated heterocycles. The third-order valence-electron chi connectivity index (χ3n) is 5.98. The van der Waals surface area contributed by atoms with E-state index in [2.05, 4.69) is 10.6 Å². The number of fused-ring (bicyclic) bond motifs is 4. The Balaban J connectivity index is 1.89. The molecule has 3 aliphatic rings. The predicted octanol–water partition coefficient (Wildman–Crippen LogP) is 2.10. The summed E-state index contributed by atoms with van der Waals surface area (Å²) < 4.78 is 14.1. The topological polar surface area (TPSA) is 78.5 Å². The number of benzene rings is 1. The van der Waals surface area contributed by atoms with Crippen molar-refractivity contribution in [3.8, 4) is 0 Å². The lowest BCUT2D eigenvalue weighted by molar-refractivity contribution is -0.147. The number of rotatable bonds is 3. The highest BCUT2D eigenvalue weighted by molar-refractivity contribution is 7.98. The van der Waals surface area contributed by atoms with Crippen molar-refractivity contribution in [2.24, 2.45) is 11.8 Å². The van der Waals surface area contributed by atoms with Gasteiger partial charge in [-0.25, -0.2) is 4.39 Å². The fraction of sp³-hybridized carbons (Fsp3) is 0.550.